The Morgan fingerprint density at radius 1 is 1.24 bits per heavy atom. The quantitative estimate of drug-likeness (QED) is 0.869. The summed E-state index contributed by atoms with van der Waals surface area (Å²) in [5, 5.41) is 8.77. The lowest BCUT2D eigenvalue weighted by atomic mass is 10.0. The van der Waals surface area contributed by atoms with Gasteiger partial charge in [0.2, 0.25) is 0 Å². The van der Waals surface area contributed by atoms with Gasteiger partial charge in [-0.15, -0.1) is 0 Å². The number of rotatable bonds is 4. The Hall–Kier alpha value is -0.540. The second-order valence-electron chi connectivity index (χ2n) is 3.85. The molecule has 17 heavy (non-hydrogen) atoms. The first-order chi connectivity index (χ1) is 8.20. The van der Waals surface area contributed by atoms with Crippen LogP contribution in [0.5, 0.6) is 0 Å². The highest BCUT2D eigenvalue weighted by atomic mass is 35.5. The second kappa shape index (κ2) is 5.87. The van der Waals surface area contributed by atoms with Gasteiger partial charge >= 0.3 is 0 Å². The maximum atomic E-state index is 6.04. The van der Waals surface area contributed by atoms with Gasteiger partial charge in [0.15, 0.2) is 0 Å². The van der Waals surface area contributed by atoms with Gasteiger partial charge in [-0.25, -0.2) is 0 Å². The summed E-state index contributed by atoms with van der Waals surface area (Å²) < 4.78 is 0. The van der Waals surface area contributed by atoms with Crippen LogP contribution in [0.4, 0.5) is 0 Å². The molecule has 0 aliphatic heterocycles. The molecule has 0 saturated heterocycles. The van der Waals surface area contributed by atoms with Gasteiger partial charge in [-0.3, -0.25) is 0 Å². The molecule has 4 heteroatoms. The van der Waals surface area contributed by atoms with Gasteiger partial charge < -0.3 is 5.32 Å². The molecule has 90 valence electrons. The fraction of sp³-hybridized carbons (Fsp3) is 0.231. The minimum atomic E-state index is 0.263. The predicted octanol–water partition coefficient (Wildman–Crippen LogP) is 4.56. The molecule has 0 spiro atoms. The number of halogens is 2. The molecule has 1 unspecified atom stereocenters. The molecule has 0 amide bonds. The average Bonchev–Trinajstić information content (AvgIpc) is 2.82. The first-order valence-electron chi connectivity index (χ1n) is 5.34. The maximum Gasteiger partial charge on any atom is 0.0595 e. The minimum absolute atomic E-state index is 0.263. The SMILES string of the molecule is CNC(Cc1ccsc1)c1ccc(Cl)c(Cl)c1. The van der Waals surface area contributed by atoms with E-state index < -0.39 is 0 Å². The highest BCUT2D eigenvalue weighted by molar-refractivity contribution is 7.07. The monoisotopic (exact) mass is 285 g/mol. The van der Waals surface area contributed by atoms with Crippen molar-refractivity contribution in [3.63, 3.8) is 0 Å². The van der Waals surface area contributed by atoms with Crippen molar-refractivity contribution in [3.8, 4) is 0 Å². The summed E-state index contributed by atoms with van der Waals surface area (Å²) in [5.74, 6) is 0. The van der Waals surface area contributed by atoms with Crippen molar-refractivity contribution in [2.24, 2.45) is 0 Å². The molecule has 0 radical (unpaired) electrons. The summed E-state index contributed by atoms with van der Waals surface area (Å²) in [5.41, 5.74) is 2.49. The zero-order chi connectivity index (χ0) is 12.3. The summed E-state index contributed by atoms with van der Waals surface area (Å²) >= 11 is 13.7. The molecule has 1 aromatic heterocycles. The summed E-state index contributed by atoms with van der Waals surface area (Å²) in [6.07, 6.45) is 0.956. The van der Waals surface area contributed by atoms with Gasteiger partial charge in [0.05, 0.1) is 10.0 Å². The molecule has 0 saturated carbocycles. The lowest BCUT2D eigenvalue weighted by Crippen LogP contribution is -2.18. The van der Waals surface area contributed by atoms with Crippen molar-refractivity contribution >= 4 is 34.5 Å². The largest absolute Gasteiger partial charge is 0.313 e. The molecule has 0 fully saturated rings. The summed E-state index contributed by atoms with van der Waals surface area (Å²) in [6.45, 7) is 0. The Labute approximate surface area is 115 Å². The fourth-order valence-electron chi connectivity index (χ4n) is 1.76. The number of hydrogen-bond acceptors (Lipinski definition) is 2. The Balaban J connectivity index is 2.20. The number of hydrogen-bond donors (Lipinski definition) is 1. The molecule has 0 aliphatic carbocycles. The molecule has 1 heterocycles. The van der Waals surface area contributed by atoms with Crippen LogP contribution in [0.1, 0.15) is 17.2 Å². The van der Waals surface area contributed by atoms with Crippen LogP contribution in [0.3, 0.4) is 0 Å². The van der Waals surface area contributed by atoms with E-state index in [0.717, 1.165) is 12.0 Å². The third kappa shape index (κ3) is 3.23. The van der Waals surface area contributed by atoms with Gasteiger partial charge in [-0.1, -0.05) is 29.3 Å². The van der Waals surface area contributed by atoms with Crippen molar-refractivity contribution in [3.05, 3.63) is 56.2 Å². The van der Waals surface area contributed by atoms with Crippen LogP contribution < -0.4 is 5.32 Å². The van der Waals surface area contributed by atoms with Crippen molar-refractivity contribution < 1.29 is 0 Å². The molecule has 1 nitrogen and oxygen atoms in total. The first kappa shape index (κ1) is 12.9. The van der Waals surface area contributed by atoms with E-state index in [2.05, 4.69) is 22.1 Å². The van der Waals surface area contributed by atoms with Gasteiger partial charge in [0.1, 0.15) is 0 Å². The van der Waals surface area contributed by atoms with E-state index in [4.69, 9.17) is 23.2 Å². The Morgan fingerprint density at radius 3 is 2.65 bits per heavy atom. The first-order valence-corrected chi connectivity index (χ1v) is 7.04. The van der Waals surface area contributed by atoms with Crippen LogP contribution in [-0.2, 0) is 6.42 Å². The molecular weight excluding hydrogens is 273 g/mol. The molecule has 0 bridgehead atoms. The van der Waals surface area contributed by atoms with E-state index in [-0.39, 0.29) is 6.04 Å². The molecule has 1 aromatic carbocycles. The van der Waals surface area contributed by atoms with Gasteiger partial charge in [-0.2, -0.15) is 11.3 Å². The fourth-order valence-corrected chi connectivity index (χ4v) is 2.75. The molecule has 1 atom stereocenters. The number of thiophene rings is 1. The van der Waals surface area contributed by atoms with Crippen LogP contribution in [-0.4, -0.2) is 7.05 Å². The zero-order valence-corrected chi connectivity index (χ0v) is 11.7. The van der Waals surface area contributed by atoms with E-state index in [0.29, 0.717) is 10.0 Å². The Bertz CT molecular complexity index is 482. The molecule has 1 N–H and O–H groups in total. The Kier molecular flexibility index (Phi) is 4.46. The molecule has 0 aliphatic rings. The molecule has 2 aromatic rings. The highest BCUT2D eigenvalue weighted by Gasteiger charge is 2.11. The topological polar surface area (TPSA) is 12.0 Å². The third-order valence-electron chi connectivity index (χ3n) is 2.71. The average molecular weight is 286 g/mol. The van der Waals surface area contributed by atoms with Crippen LogP contribution in [0.2, 0.25) is 10.0 Å². The van der Waals surface area contributed by atoms with Crippen LogP contribution in [0, 0.1) is 0 Å². The van der Waals surface area contributed by atoms with E-state index in [1.165, 1.54) is 5.56 Å². The van der Waals surface area contributed by atoms with Crippen molar-refractivity contribution in [1.29, 1.82) is 0 Å². The van der Waals surface area contributed by atoms with Gasteiger partial charge in [0, 0.05) is 6.04 Å². The number of benzene rings is 1. The summed E-state index contributed by atoms with van der Waals surface area (Å²) in [4.78, 5) is 0. The van der Waals surface area contributed by atoms with Crippen LogP contribution in [0.15, 0.2) is 35.0 Å². The molecular formula is C13H13Cl2NS. The summed E-state index contributed by atoms with van der Waals surface area (Å²) in [6, 6.07) is 8.20. The summed E-state index contributed by atoms with van der Waals surface area (Å²) in [7, 11) is 1.96. The van der Waals surface area contributed by atoms with E-state index in [9.17, 15) is 0 Å². The van der Waals surface area contributed by atoms with Crippen molar-refractivity contribution in [2.75, 3.05) is 7.05 Å². The van der Waals surface area contributed by atoms with Crippen molar-refractivity contribution in [1.82, 2.24) is 5.32 Å². The number of likely N-dealkylation sites (N-methyl/N-ethyl adjacent to an activating group) is 1. The highest BCUT2D eigenvalue weighted by Crippen LogP contribution is 2.27. The number of nitrogens with one attached hydrogen (secondary N) is 1. The van der Waals surface area contributed by atoms with E-state index >= 15 is 0 Å². The lowest BCUT2D eigenvalue weighted by Gasteiger charge is -2.16. The lowest BCUT2D eigenvalue weighted by molar-refractivity contribution is 0.593. The maximum absolute atomic E-state index is 6.04. The van der Waals surface area contributed by atoms with Crippen LogP contribution in [0.25, 0.3) is 0 Å². The minimum Gasteiger partial charge on any atom is -0.313 e. The normalized spacial score (nSPS) is 12.6. The van der Waals surface area contributed by atoms with E-state index in [1.54, 1.807) is 11.3 Å². The smallest absolute Gasteiger partial charge is 0.0595 e. The second-order valence-corrected chi connectivity index (χ2v) is 5.44. The van der Waals surface area contributed by atoms with E-state index in [1.807, 2.05) is 25.2 Å². The molecule has 2 rings (SSSR count). The zero-order valence-electron chi connectivity index (χ0n) is 9.41. The third-order valence-corrected chi connectivity index (χ3v) is 4.19. The predicted molar refractivity (Wildman–Crippen MR) is 76.3 cm³/mol. The Morgan fingerprint density at radius 2 is 2.06 bits per heavy atom. The van der Waals surface area contributed by atoms with Gasteiger partial charge in [-0.05, 0) is 53.6 Å². The van der Waals surface area contributed by atoms with Crippen LogP contribution >= 0.6 is 34.5 Å². The standard InChI is InChI=1S/C13H13Cl2NS/c1-16-13(6-9-4-5-17-8-9)10-2-3-11(14)12(15)7-10/h2-5,7-8,13,16H,6H2,1H3. The van der Waals surface area contributed by atoms with Crippen molar-refractivity contribution in [2.45, 2.75) is 12.5 Å². The van der Waals surface area contributed by atoms with Gasteiger partial charge in [0.25, 0.3) is 0 Å².